The van der Waals surface area contributed by atoms with Gasteiger partial charge in [0.25, 0.3) is 0 Å². The molecule has 0 aliphatic rings. The van der Waals surface area contributed by atoms with Gasteiger partial charge in [0.1, 0.15) is 0 Å². The topological polar surface area (TPSA) is 29.1 Å². The summed E-state index contributed by atoms with van der Waals surface area (Å²) in [6.45, 7) is 6.00. The third kappa shape index (κ3) is 4.71. The number of hydrogen-bond donors (Lipinski definition) is 1. The summed E-state index contributed by atoms with van der Waals surface area (Å²) in [5.41, 5.74) is 0.646. The van der Waals surface area contributed by atoms with Crippen molar-refractivity contribution >= 4 is 35.2 Å². The summed E-state index contributed by atoms with van der Waals surface area (Å²) in [7, 11) is 0. The van der Waals surface area contributed by atoms with Crippen molar-refractivity contribution in [1.29, 1.82) is 0 Å². The standard InChI is InChI=1S/C14H17Cl2NO/c1-4-14(2,3)17-13(18)8-6-10-5-7-11(15)12(16)9-10/h5-9H,4H2,1-3H3,(H,17,18). The maximum absolute atomic E-state index is 11.7. The van der Waals surface area contributed by atoms with Gasteiger partial charge in [-0.2, -0.15) is 0 Å². The lowest BCUT2D eigenvalue weighted by Gasteiger charge is -2.23. The lowest BCUT2D eigenvalue weighted by molar-refractivity contribution is -0.117. The second-order valence-corrected chi connectivity index (χ2v) is 5.55. The van der Waals surface area contributed by atoms with Gasteiger partial charge in [-0.3, -0.25) is 4.79 Å². The molecule has 0 aliphatic carbocycles. The lowest BCUT2D eigenvalue weighted by Crippen LogP contribution is -2.41. The molecule has 1 aromatic carbocycles. The highest BCUT2D eigenvalue weighted by Crippen LogP contribution is 2.23. The number of rotatable bonds is 4. The van der Waals surface area contributed by atoms with Gasteiger partial charge in [-0.1, -0.05) is 36.2 Å². The van der Waals surface area contributed by atoms with Crippen LogP contribution in [0.25, 0.3) is 6.08 Å². The summed E-state index contributed by atoms with van der Waals surface area (Å²) < 4.78 is 0. The average Bonchev–Trinajstić information content (AvgIpc) is 2.30. The Kier molecular flexibility index (Phi) is 5.24. The zero-order valence-electron chi connectivity index (χ0n) is 10.8. The number of carbonyl (C=O) groups excluding carboxylic acids is 1. The Morgan fingerprint density at radius 2 is 2.00 bits per heavy atom. The molecule has 0 saturated carbocycles. The normalized spacial score (nSPS) is 11.8. The highest BCUT2D eigenvalue weighted by Gasteiger charge is 2.15. The largest absolute Gasteiger partial charge is 0.348 e. The number of carbonyl (C=O) groups is 1. The van der Waals surface area contributed by atoms with E-state index in [-0.39, 0.29) is 11.4 Å². The van der Waals surface area contributed by atoms with Crippen LogP contribution in [0.5, 0.6) is 0 Å². The fourth-order valence-corrected chi connectivity index (χ4v) is 1.56. The Hall–Kier alpha value is -0.990. The number of nitrogens with one attached hydrogen (secondary N) is 1. The van der Waals surface area contributed by atoms with Crippen molar-refractivity contribution < 1.29 is 4.79 Å². The third-order valence-electron chi connectivity index (χ3n) is 2.72. The minimum absolute atomic E-state index is 0.118. The predicted molar refractivity (Wildman–Crippen MR) is 78.0 cm³/mol. The minimum atomic E-state index is -0.195. The van der Waals surface area contributed by atoms with E-state index in [9.17, 15) is 4.79 Å². The van der Waals surface area contributed by atoms with Gasteiger partial charge in [0.2, 0.25) is 5.91 Å². The maximum atomic E-state index is 11.7. The number of amides is 1. The van der Waals surface area contributed by atoms with Gasteiger partial charge in [-0.15, -0.1) is 0 Å². The Bertz CT molecular complexity index is 467. The molecular formula is C14H17Cl2NO. The molecule has 1 aromatic rings. The number of benzene rings is 1. The molecule has 0 atom stereocenters. The zero-order chi connectivity index (χ0) is 13.8. The van der Waals surface area contributed by atoms with E-state index in [1.807, 2.05) is 26.8 Å². The first-order valence-electron chi connectivity index (χ1n) is 5.79. The van der Waals surface area contributed by atoms with Gasteiger partial charge in [0.05, 0.1) is 10.0 Å². The SMILES string of the molecule is CCC(C)(C)NC(=O)C=Cc1ccc(Cl)c(Cl)c1. The molecule has 0 spiro atoms. The summed E-state index contributed by atoms with van der Waals surface area (Å²) in [5, 5.41) is 3.90. The van der Waals surface area contributed by atoms with Gasteiger partial charge in [0, 0.05) is 11.6 Å². The van der Waals surface area contributed by atoms with Gasteiger partial charge >= 0.3 is 0 Å². The second kappa shape index (κ2) is 6.26. The minimum Gasteiger partial charge on any atom is -0.348 e. The van der Waals surface area contributed by atoms with Crippen LogP contribution in [0.4, 0.5) is 0 Å². The van der Waals surface area contributed by atoms with Gasteiger partial charge < -0.3 is 5.32 Å². The zero-order valence-corrected chi connectivity index (χ0v) is 12.3. The average molecular weight is 286 g/mol. The molecule has 1 N–H and O–H groups in total. The summed E-state index contributed by atoms with van der Waals surface area (Å²) in [5.74, 6) is -0.118. The van der Waals surface area contributed by atoms with Crippen molar-refractivity contribution in [1.82, 2.24) is 5.32 Å². The van der Waals surface area contributed by atoms with Crippen molar-refractivity contribution in [2.45, 2.75) is 32.7 Å². The van der Waals surface area contributed by atoms with E-state index in [2.05, 4.69) is 5.32 Å². The van der Waals surface area contributed by atoms with Crippen LogP contribution in [0, 0.1) is 0 Å². The predicted octanol–water partition coefficient (Wildman–Crippen LogP) is 4.31. The molecule has 0 unspecified atom stereocenters. The first-order chi connectivity index (χ1) is 8.34. The van der Waals surface area contributed by atoms with Crippen molar-refractivity contribution in [2.75, 3.05) is 0 Å². The van der Waals surface area contributed by atoms with E-state index in [0.29, 0.717) is 10.0 Å². The van der Waals surface area contributed by atoms with Crippen LogP contribution >= 0.6 is 23.2 Å². The Morgan fingerprint density at radius 1 is 1.33 bits per heavy atom. The molecule has 1 rings (SSSR count). The lowest BCUT2D eigenvalue weighted by atomic mass is 10.0. The molecule has 0 bridgehead atoms. The molecule has 0 heterocycles. The van der Waals surface area contributed by atoms with Gasteiger partial charge in [-0.05, 0) is 44.0 Å². The summed E-state index contributed by atoms with van der Waals surface area (Å²) in [6.07, 6.45) is 4.08. The van der Waals surface area contributed by atoms with Gasteiger partial charge in [0.15, 0.2) is 0 Å². The molecule has 0 saturated heterocycles. The van der Waals surface area contributed by atoms with E-state index in [4.69, 9.17) is 23.2 Å². The van der Waals surface area contributed by atoms with Crippen LogP contribution in [0.3, 0.4) is 0 Å². The van der Waals surface area contributed by atoms with Gasteiger partial charge in [-0.25, -0.2) is 0 Å². The molecule has 18 heavy (non-hydrogen) atoms. The smallest absolute Gasteiger partial charge is 0.244 e. The number of hydrogen-bond acceptors (Lipinski definition) is 1. The molecule has 4 heteroatoms. The summed E-state index contributed by atoms with van der Waals surface area (Å²) >= 11 is 11.7. The molecule has 2 nitrogen and oxygen atoms in total. The van der Waals surface area contributed by atoms with Crippen LogP contribution < -0.4 is 5.32 Å². The molecular weight excluding hydrogens is 269 g/mol. The van der Waals surface area contributed by atoms with E-state index in [0.717, 1.165) is 12.0 Å². The van der Waals surface area contributed by atoms with Crippen LogP contribution in [-0.4, -0.2) is 11.4 Å². The van der Waals surface area contributed by atoms with Crippen molar-refractivity contribution in [2.24, 2.45) is 0 Å². The van der Waals surface area contributed by atoms with E-state index < -0.39 is 0 Å². The van der Waals surface area contributed by atoms with Crippen molar-refractivity contribution in [3.8, 4) is 0 Å². The molecule has 1 amide bonds. The fraction of sp³-hybridized carbons (Fsp3) is 0.357. The molecule has 0 fully saturated rings. The maximum Gasteiger partial charge on any atom is 0.244 e. The summed E-state index contributed by atoms with van der Waals surface area (Å²) in [6, 6.07) is 5.24. The Morgan fingerprint density at radius 3 is 2.56 bits per heavy atom. The first kappa shape index (κ1) is 15.1. The quantitative estimate of drug-likeness (QED) is 0.821. The fourth-order valence-electron chi connectivity index (χ4n) is 1.25. The van der Waals surface area contributed by atoms with E-state index in [1.165, 1.54) is 6.08 Å². The molecule has 0 aromatic heterocycles. The van der Waals surface area contributed by atoms with Crippen LogP contribution in [0.15, 0.2) is 24.3 Å². The van der Waals surface area contributed by atoms with E-state index in [1.54, 1.807) is 18.2 Å². The van der Waals surface area contributed by atoms with Crippen LogP contribution in [0.2, 0.25) is 10.0 Å². The van der Waals surface area contributed by atoms with Crippen molar-refractivity contribution in [3.63, 3.8) is 0 Å². The van der Waals surface area contributed by atoms with Crippen LogP contribution in [0.1, 0.15) is 32.8 Å². The Balaban J connectivity index is 2.69. The summed E-state index contributed by atoms with van der Waals surface area (Å²) in [4.78, 5) is 11.7. The highest BCUT2D eigenvalue weighted by molar-refractivity contribution is 6.42. The number of halogens is 2. The molecule has 0 radical (unpaired) electrons. The highest BCUT2D eigenvalue weighted by atomic mass is 35.5. The third-order valence-corrected chi connectivity index (χ3v) is 3.46. The molecule has 0 aliphatic heterocycles. The second-order valence-electron chi connectivity index (χ2n) is 4.73. The monoisotopic (exact) mass is 285 g/mol. The van der Waals surface area contributed by atoms with E-state index >= 15 is 0 Å². The van der Waals surface area contributed by atoms with Crippen molar-refractivity contribution in [3.05, 3.63) is 39.9 Å². The molecule has 98 valence electrons. The Labute approximate surface area is 118 Å². The first-order valence-corrected chi connectivity index (χ1v) is 6.55. The van der Waals surface area contributed by atoms with Crippen LogP contribution in [-0.2, 0) is 4.79 Å².